The lowest BCUT2D eigenvalue weighted by Crippen LogP contribution is -2.03. The summed E-state index contributed by atoms with van der Waals surface area (Å²) in [5.74, 6) is 0.765. The van der Waals surface area contributed by atoms with E-state index < -0.39 is 0 Å². The number of benzene rings is 3. The highest BCUT2D eigenvalue weighted by Crippen LogP contribution is 2.22. The number of allylic oxidation sites excluding steroid dienone is 1. The Bertz CT molecular complexity index is 1210. The Hall–Kier alpha value is -3.95. The van der Waals surface area contributed by atoms with Crippen molar-refractivity contribution in [1.82, 2.24) is 4.98 Å². The second-order valence-corrected chi connectivity index (χ2v) is 9.17. The van der Waals surface area contributed by atoms with Crippen LogP contribution in [0.4, 0.5) is 5.82 Å². The van der Waals surface area contributed by atoms with E-state index in [1.54, 1.807) is 0 Å². The number of ether oxygens (including phenoxy) is 1. The van der Waals surface area contributed by atoms with E-state index in [1.165, 1.54) is 16.7 Å². The second-order valence-electron chi connectivity index (χ2n) is 9.17. The molecule has 0 unspecified atom stereocenters. The van der Waals surface area contributed by atoms with Crippen LogP contribution in [0.5, 0.6) is 0 Å². The normalized spacial score (nSPS) is 10.7. The highest BCUT2D eigenvalue weighted by atomic mass is 16.5. The molecule has 0 spiro atoms. The van der Waals surface area contributed by atoms with Crippen molar-refractivity contribution in [2.75, 3.05) is 5.32 Å². The first-order chi connectivity index (χ1) is 17.6. The third-order valence-corrected chi connectivity index (χ3v) is 6.09. The number of aromatic nitrogens is 1. The first-order valence-electron chi connectivity index (χ1n) is 12.4. The minimum Gasteiger partial charge on any atom is -0.372 e. The monoisotopic (exact) mass is 474 g/mol. The van der Waals surface area contributed by atoms with Gasteiger partial charge < -0.3 is 10.1 Å². The van der Waals surface area contributed by atoms with Crippen molar-refractivity contribution in [3.63, 3.8) is 0 Å². The van der Waals surface area contributed by atoms with Gasteiger partial charge in [0.05, 0.1) is 13.2 Å². The van der Waals surface area contributed by atoms with Crippen molar-refractivity contribution >= 4 is 17.1 Å². The zero-order chi connectivity index (χ0) is 25.2. The Labute approximate surface area is 215 Å². The lowest BCUT2D eigenvalue weighted by molar-refractivity contribution is 0.107. The predicted octanol–water partition coefficient (Wildman–Crippen LogP) is 8.09. The molecule has 4 rings (SSSR count). The summed E-state index contributed by atoms with van der Waals surface area (Å²) in [6.07, 6.45) is 4.97. The largest absolute Gasteiger partial charge is 0.372 e. The number of nitrogens with zero attached hydrogens (tertiary/aromatic N) is 1. The van der Waals surface area contributed by atoms with Crippen LogP contribution in [0.3, 0.4) is 0 Å². The first kappa shape index (κ1) is 25.2. The Balaban J connectivity index is 1.46. The number of hydrogen-bond acceptors (Lipinski definition) is 3. The van der Waals surface area contributed by atoms with Gasteiger partial charge in [-0.15, -0.1) is 0 Å². The molecule has 0 fully saturated rings. The Kier molecular flexibility index (Phi) is 8.85. The highest BCUT2D eigenvalue weighted by molar-refractivity contribution is 5.75. The van der Waals surface area contributed by atoms with Gasteiger partial charge in [-0.3, -0.25) is 0 Å². The molecule has 1 aromatic heterocycles. The van der Waals surface area contributed by atoms with Crippen LogP contribution in [0.25, 0.3) is 11.3 Å². The van der Waals surface area contributed by atoms with E-state index in [-0.39, 0.29) is 0 Å². The second kappa shape index (κ2) is 12.7. The summed E-state index contributed by atoms with van der Waals surface area (Å²) in [7, 11) is 0. The van der Waals surface area contributed by atoms with E-state index in [4.69, 9.17) is 4.74 Å². The lowest BCUT2D eigenvalue weighted by Gasteiger charge is -2.14. The van der Waals surface area contributed by atoms with Gasteiger partial charge in [0, 0.05) is 11.9 Å². The molecule has 3 nitrogen and oxygen atoms in total. The topological polar surface area (TPSA) is 34.1 Å². The van der Waals surface area contributed by atoms with Crippen LogP contribution in [-0.4, -0.2) is 4.98 Å². The molecule has 0 aliphatic carbocycles. The van der Waals surface area contributed by atoms with Gasteiger partial charge in [-0.25, -0.2) is 4.98 Å². The maximum Gasteiger partial charge on any atom is 0.130 e. The van der Waals surface area contributed by atoms with Crippen molar-refractivity contribution < 1.29 is 4.74 Å². The molecule has 0 saturated carbocycles. The molecule has 3 aromatic carbocycles. The van der Waals surface area contributed by atoms with Crippen molar-refractivity contribution in [3.8, 4) is 0 Å². The summed E-state index contributed by atoms with van der Waals surface area (Å²) in [6, 6.07) is 31.5. The average molecular weight is 475 g/mol. The maximum atomic E-state index is 6.05. The first-order valence-corrected chi connectivity index (χ1v) is 12.4. The summed E-state index contributed by atoms with van der Waals surface area (Å²) >= 11 is 0. The number of pyridine rings is 1. The van der Waals surface area contributed by atoms with Crippen LogP contribution in [0.15, 0.2) is 110 Å². The molecular weight excluding hydrogens is 440 g/mol. The Morgan fingerprint density at radius 2 is 1.36 bits per heavy atom. The standard InChI is InChI=1S/C33H34N2O/c1-25(2)31-17-18-33(34-22-31)35-26(3)32-20-29(16-10-15-27-11-6-4-7-12-27)19-30(21-32)24-36-23-28-13-8-5-9-14-28/h4-9,11-14,17-22H,1,3,10,15-16,23-24H2,2H3,(H,34,35). The van der Waals surface area contributed by atoms with Crippen molar-refractivity contribution in [2.45, 2.75) is 39.4 Å². The summed E-state index contributed by atoms with van der Waals surface area (Å²) in [6.45, 7) is 11.4. The SMILES string of the molecule is C=C(C)c1ccc(NC(=C)c2cc(CCCc3ccccc3)cc(COCc3ccccc3)c2)nc1. The third-order valence-electron chi connectivity index (χ3n) is 6.09. The maximum absolute atomic E-state index is 6.05. The van der Waals surface area contributed by atoms with Gasteiger partial charge in [-0.05, 0) is 89.4 Å². The third kappa shape index (κ3) is 7.53. The fraction of sp³-hybridized carbons (Fsp3) is 0.182. The molecule has 0 amide bonds. The van der Waals surface area contributed by atoms with E-state index >= 15 is 0 Å². The van der Waals surface area contributed by atoms with E-state index in [2.05, 4.69) is 84.1 Å². The Morgan fingerprint density at radius 1 is 0.722 bits per heavy atom. The fourth-order valence-electron chi connectivity index (χ4n) is 4.11. The number of rotatable bonds is 12. The molecule has 182 valence electrons. The zero-order valence-electron chi connectivity index (χ0n) is 21.0. The Morgan fingerprint density at radius 3 is 2.03 bits per heavy atom. The zero-order valence-corrected chi connectivity index (χ0v) is 21.0. The van der Waals surface area contributed by atoms with Gasteiger partial charge >= 0.3 is 0 Å². The molecule has 36 heavy (non-hydrogen) atoms. The molecule has 4 aromatic rings. The predicted molar refractivity (Wildman–Crippen MR) is 151 cm³/mol. The number of aryl methyl sites for hydroxylation is 2. The van der Waals surface area contributed by atoms with Gasteiger partial charge in [-0.2, -0.15) is 0 Å². The van der Waals surface area contributed by atoms with Gasteiger partial charge in [0.1, 0.15) is 5.82 Å². The molecule has 0 bridgehead atoms. The molecule has 0 radical (unpaired) electrons. The van der Waals surface area contributed by atoms with Crippen molar-refractivity contribution in [2.24, 2.45) is 0 Å². The van der Waals surface area contributed by atoms with Gasteiger partial charge in [0.2, 0.25) is 0 Å². The molecule has 0 saturated heterocycles. The number of anilines is 1. The van der Waals surface area contributed by atoms with Crippen LogP contribution in [0.2, 0.25) is 0 Å². The molecule has 0 atom stereocenters. The number of hydrogen-bond donors (Lipinski definition) is 1. The molecule has 0 aliphatic rings. The van der Waals surface area contributed by atoms with E-state index in [1.807, 2.05) is 43.5 Å². The quantitative estimate of drug-likeness (QED) is 0.225. The van der Waals surface area contributed by atoms with Crippen LogP contribution in [0.1, 0.15) is 46.7 Å². The van der Waals surface area contributed by atoms with Gasteiger partial charge in [-0.1, -0.05) is 79.9 Å². The lowest BCUT2D eigenvalue weighted by atomic mass is 9.99. The summed E-state index contributed by atoms with van der Waals surface area (Å²) in [4.78, 5) is 4.52. The molecule has 1 heterocycles. The highest BCUT2D eigenvalue weighted by Gasteiger charge is 2.07. The minimum absolute atomic E-state index is 0.549. The molecule has 0 aliphatic heterocycles. The van der Waals surface area contributed by atoms with E-state index in [0.29, 0.717) is 13.2 Å². The van der Waals surface area contributed by atoms with E-state index in [0.717, 1.165) is 53.0 Å². The van der Waals surface area contributed by atoms with Crippen LogP contribution in [0, 0.1) is 0 Å². The molecule has 1 N–H and O–H groups in total. The van der Waals surface area contributed by atoms with Crippen molar-refractivity contribution in [3.05, 3.63) is 144 Å². The van der Waals surface area contributed by atoms with Crippen molar-refractivity contribution in [1.29, 1.82) is 0 Å². The van der Waals surface area contributed by atoms with Crippen LogP contribution < -0.4 is 5.32 Å². The summed E-state index contributed by atoms with van der Waals surface area (Å²) in [5, 5.41) is 3.37. The summed E-state index contributed by atoms with van der Waals surface area (Å²) < 4.78 is 6.05. The number of nitrogens with one attached hydrogen (secondary N) is 1. The van der Waals surface area contributed by atoms with Crippen LogP contribution in [-0.2, 0) is 30.8 Å². The smallest absolute Gasteiger partial charge is 0.130 e. The van der Waals surface area contributed by atoms with Gasteiger partial charge in [0.15, 0.2) is 0 Å². The summed E-state index contributed by atoms with van der Waals surface area (Å²) in [5.41, 5.74) is 8.88. The fourth-order valence-corrected chi connectivity index (χ4v) is 4.11. The van der Waals surface area contributed by atoms with Gasteiger partial charge in [0.25, 0.3) is 0 Å². The van der Waals surface area contributed by atoms with Crippen LogP contribution >= 0.6 is 0 Å². The minimum atomic E-state index is 0.549. The average Bonchev–Trinajstić information content (AvgIpc) is 2.90. The molecular formula is C33H34N2O. The van der Waals surface area contributed by atoms with E-state index in [9.17, 15) is 0 Å². The molecule has 3 heteroatoms.